The van der Waals surface area contributed by atoms with Crippen LogP contribution < -0.4 is 0 Å². The van der Waals surface area contributed by atoms with Crippen LogP contribution in [0.15, 0.2) is 15.2 Å². The van der Waals surface area contributed by atoms with Gasteiger partial charge in [-0.25, -0.2) is 0 Å². The molecule has 0 saturated heterocycles. The van der Waals surface area contributed by atoms with Crippen molar-refractivity contribution in [1.82, 2.24) is 0 Å². The summed E-state index contributed by atoms with van der Waals surface area (Å²) in [6, 6.07) is 0. The summed E-state index contributed by atoms with van der Waals surface area (Å²) in [5.74, 6) is 0.0532. The van der Waals surface area contributed by atoms with E-state index < -0.39 is 0 Å². The first-order valence-electron chi connectivity index (χ1n) is 3.32. The van der Waals surface area contributed by atoms with Crippen molar-refractivity contribution in [2.75, 3.05) is 0 Å². The summed E-state index contributed by atoms with van der Waals surface area (Å²) in [5, 5.41) is 14.9. The number of nitrogens with zero attached hydrogens (tertiary/aromatic N) is 4. The van der Waals surface area contributed by atoms with E-state index in [1.165, 1.54) is 6.92 Å². The Balaban J connectivity index is -0.0000000625. The number of aliphatic imine (C=N–C) groups is 1. The fourth-order valence-electron chi connectivity index (χ4n) is 0.262. The van der Waals surface area contributed by atoms with Gasteiger partial charge in [-0.2, -0.15) is 13.8 Å². The third-order valence-electron chi connectivity index (χ3n) is 0.524. The van der Waals surface area contributed by atoms with Gasteiger partial charge >= 0.3 is 42.1 Å². The first-order chi connectivity index (χ1) is 5.68. The van der Waals surface area contributed by atoms with E-state index >= 15 is 0 Å². The standard InChI is InChI=1S/2C4H6N2.2W/c1-3-6-4(2)5;1-3-5-6-4-2;;/h2*1-2H3;;/q2*-2;2*+2. The van der Waals surface area contributed by atoms with E-state index in [0.29, 0.717) is 0 Å². The van der Waals surface area contributed by atoms with E-state index in [-0.39, 0.29) is 48.0 Å². The molecule has 0 aromatic carbocycles. The molecule has 0 heterocycles. The van der Waals surface area contributed by atoms with Crippen molar-refractivity contribution in [2.45, 2.75) is 27.7 Å². The molecular weight excluding hydrogens is 520 g/mol. The Morgan fingerprint density at radius 2 is 1.29 bits per heavy atom. The maximum atomic E-state index is 8.24. The summed E-state index contributed by atoms with van der Waals surface area (Å²) in [6.45, 7) is 6.48. The molecule has 0 unspecified atom stereocenters. The van der Waals surface area contributed by atoms with E-state index in [4.69, 9.17) is 5.41 Å². The van der Waals surface area contributed by atoms with Gasteiger partial charge in [-0.05, 0) is 0 Å². The molecule has 0 radical (unpaired) electrons. The zero-order chi connectivity index (χ0) is 9.82. The molecule has 0 spiro atoms. The fraction of sp³-hybridized carbons (Fsp3) is 0.500. The smallest absolute Gasteiger partial charge is 0.645 e. The van der Waals surface area contributed by atoms with E-state index in [2.05, 4.69) is 33.8 Å². The zero-order valence-electron chi connectivity index (χ0n) is 8.61. The summed E-state index contributed by atoms with van der Waals surface area (Å²) < 4.78 is 0. The van der Waals surface area contributed by atoms with Crippen molar-refractivity contribution in [3.8, 4) is 0 Å². The molecule has 0 saturated carbocycles. The maximum Gasteiger partial charge on any atom is 2.00 e. The van der Waals surface area contributed by atoms with Crippen LogP contribution in [0.3, 0.4) is 0 Å². The first kappa shape index (κ1) is 23.7. The predicted molar refractivity (Wildman–Crippen MR) is 53.4 cm³/mol. The molecule has 0 bridgehead atoms. The van der Waals surface area contributed by atoms with Crippen molar-refractivity contribution in [3.05, 3.63) is 5.41 Å². The molecule has 0 aliphatic carbocycles. The zero-order valence-corrected chi connectivity index (χ0v) is 14.5. The van der Waals surface area contributed by atoms with E-state index in [1.54, 1.807) is 20.8 Å². The molecule has 0 atom stereocenters. The van der Waals surface area contributed by atoms with Gasteiger partial charge in [-0.1, -0.05) is 0 Å². The Hall–Kier alpha value is 0.0566. The summed E-state index contributed by atoms with van der Waals surface area (Å²) in [6.07, 6.45) is 7.33. The molecule has 14 heavy (non-hydrogen) atoms. The average molecular weight is 532 g/mol. The van der Waals surface area contributed by atoms with Gasteiger partial charge in [0, 0.05) is 0 Å². The number of hydrogen-bond acceptors (Lipinski definition) is 2. The van der Waals surface area contributed by atoms with Crippen molar-refractivity contribution < 1.29 is 42.1 Å². The predicted octanol–water partition coefficient (Wildman–Crippen LogP) is 1.77. The van der Waals surface area contributed by atoms with Crippen LogP contribution in [-0.4, -0.2) is 24.5 Å². The first-order valence-corrected chi connectivity index (χ1v) is 3.32. The van der Waals surface area contributed by atoms with Gasteiger partial charge in [0.15, 0.2) is 0 Å². The molecule has 0 rings (SSSR count). The summed E-state index contributed by atoms with van der Waals surface area (Å²) in [4.78, 5) is 3.35. The van der Waals surface area contributed by atoms with E-state index in [9.17, 15) is 0 Å². The van der Waals surface area contributed by atoms with Gasteiger partial charge in [-0.15, -0.1) is 13.8 Å². The average Bonchev–Trinajstić information content (AvgIpc) is 2.02. The quantitative estimate of drug-likeness (QED) is 0.214. The molecule has 0 aromatic heterocycles. The van der Waals surface area contributed by atoms with E-state index in [0.717, 1.165) is 0 Å². The molecule has 0 N–H and O–H groups in total. The van der Waals surface area contributed by atoms with Gasteiger partial charge in [0.25, 0.3) is 0 Å². The molecule has 0 aromatic rings. The minimum absolute atomic E-state index is 0. The Bertz CT molecular complexity index is 178. The minimum atomic E-state index is 0. The van der Waals surface area contributed by atoms with Gasteiger partial charge in [0.05, 0.1) is 0 Å². The van der Waals surface area contributed by atoms with Gasteiger partial charge in [-0.3, -0.25) is 5.84 Å². The third kappa shape index (κ3) is 40.2. The van der Waals surface area contributed by atoms with Crippen LogP contribution in [0.1, 0.15) is 27.7 Å². The molecule has 76 valence electrons. The van der Waals surface area contributed by atoms with Crippen molar-refractivity contribution in [3.63, 3.8) is 0 Å². The second-order valence-electron chi connectivity index (χ2n) is 1.53. The second-order valence-corrected chi connectivity index (χ2v) is 1.53. The molecule has 6 heteroatoms. The molecular formula is C8H12N4W2. The van der Waals surface area contributed by atoms with Crippen LogP contribution in [0, 0.1) is 0 Å². The fourth-order valence-corrected chi connectivity index (χ4v) is 0.262. The van der Waals surface area contributed by atoms with Crippen molar-refractivity contribution in [1.29, 1.82) is 0 Å². The number of amidine groups is 1. The van der Waals surface area contributed by atoms with Gasteiger partial charge in [0.2, 0.25) is 0 Å². The summed E-state index contributed by atoms with van der Waals surface area (Å²) in [7, 11) is 0. The van der Waals surface area contributed by atoms with Gasteiger partial charge in [0.1, 0.15) is 0 Å². The molecule has 0 amide bonds. The van der Waals surface area contributed by atoms with Crippen molar-refractivity contribution in [2.24, 2.45) is 15.2 Å². The van der Waals surface area contributed by atoms with Gasteiger partial charge < -0.3 is 39.2 Å². The van der Waals surface area contributed by atoms with Crippen LogP contribution in [0.5, 0.6) is 0 Å². The van der Waals surface area contributed by atoms with Crippen LogP contribution in [0.2, 0.25) is 0 Å². The number of rotatable bonds is 1. The Labute approximate surface area is 114 Å². The largest absolute Gasteiger partial charge is 2.00 e. The Morgan fingerprint density at radius 1 is 0.929 bits per heavy atom. The van der Waals surface area contributed by atoms with Crippen LogP contribution in [0.25, 0.3) is 5.41 Å². The van der Waals surface area contributed by atoms with Crippen molar-refractivity contribution >= 4 is 24.5 Å². The van der Waals surface area contributed by atoms with Crippen LogP contribution >= 0.6 is 0 Å². The Morgan fingerprint density at radius 3 is 1.36 bits per heavy atom. The third-order valence-corrected chi connectivity index (χ3v) is 0.524. The van der Waals surface area contributed by atoms with Crippen LogP contribution in [0.4, 0.5) is 0 Å². The SMILES string of the molecule is C[C-]=NC(C)=[N-].C[C-]=NN=[C-]C.[W+2].[W+2]. The molecule has 0 aliphatic heterocycles. The summed E-state index contributed by atoms with van der Waals surface area (Å²) >= 11 is 0. The topological polar surface area (TPSA) is 59.4 Å². The number of hydrogen-bond donors (Lipinski definition) is 0. The maximum absolute atomic E-state index is 8.24. The molecule has 0 aliphatic rings. The van der Waals surface area contributed by atoms with Crippen LogP contribution in [-0.2, 0) is 42.1 Å². The Kier molecular flexibility index (Phi) is 39.2. The monoisotopic (exact) mass is 532 g/mol. The van der Waals surface area contributed by atoms with E-state index in [1.807, 2.05) is 0 Å². The second kappa shape index (κ2) is 23.1. The minimum Gasteiger partial charge on any atom is -0.645 e. The normalized spacial score (nSPS) is 9.14. The molecule has 4 nitrogen and oxygen atoms in total. The molecule has 0 fully saturated rings. The summed E-state index contributed by atoms with van der Waals surface area (Å²) in [5.41, 5.74) is 0.